The third-order valence-electron chi connectivity index (χ3n) is 9.25. The lowest BCUT2D eigenvalue weighted by Crippen LogP contribution is -2.44. The lowest BCUT2D eigenvalue weighted by molar-refractivity contribution is -0.0254. The Bertz CT molecular complexity index is 1270. The van der Waals surface area contributed by atoms with Crippen molar-refractivity contribution in [1.29, 1.82) is 0 Å². The topological polar surface area (TPSA) is 62.0 Å². The number of aliphatic hydroxyl groups is 1. The highest BCUT2D eigenvalue weighted by Gasteiger charge is 2.58. The van der Waals surface area contributed by atoms with Gasteiger partial charge in [-0.25, -0.2) is 0 Å². The molecule has 0 aliphatic heterocycles. The van der Waals surface area contributed by atoms with Crippen LogP contribution < -0.4 is 4.74 Å². The average molecular weight is 456 g/mol. The van der Waals surface area contributed by atoms with E-state index in [4.69, 9.17) is 9.73 Å². The predicted octanol–water partition coefficient (Wildman–Crippen LogP) is 5.87. The smallest absolute Gasteiger partial charge is 0.124 e. The molecule has 34 heavy (non-hydrogen) atoms. The van der Waals surface area contributed by atoms with Crippen LogP contribution >= 0.6 is 0 Å². The number of nitrogens with zero attached hydrogens (tertiary/aromatic N) is 1. The number of fused-ring (bicyclic) bond motifs is 6. The molecule has 0 radical (unpaired) electrons. The summed E-state index contributed by atoms with van der Waals surface area (Å²) in [6.07, 6.45) is 6.64. The number of benzene rings is 3. The molecule has 0 spiro atoms. The van der Waals surface area contributed by atoms with Crippen LogP contribution in [-0.2, 0) is 6.42 Å². The van der Waals surface area contributed by atoms with E-state index in [0.717, 1.165) is 47.8 Å². The maximum absolute atomic E-state index is 11.5. The molecule has 2 fully saturated rings. The third kappa shape index (κ3) is 3.26. The van der Waals surface area contributed by atoms with Crippen LogP contribution in [0.15, 0.2) is 59.6 Å². The van der Waals surface area contributed by atoms with Gasteiger partial charge in [-0.2, -0.15) is 0 Å². The van der Waals surface area contributed by atoms with Gasteiger partial charge in [0, 0.05) is 11.8 Å². The van der Waals surface area contributed by atoms with Gasteiger partial charge in [-0.3, -0.25) is 4.99 Å². The van der Waals surface area contributed by atoms with Crippen LogP contribution in [0.5, 0.6) is 11.5 Å². The van der Waals surface area contributed by atoms with Crippen LogP contribution in [0.4, 0.5) is 0 Å². The van der Waals surface area contributed by atoms with Crippen molar-refractivity contribution in [3.63, 3.8) is 0 Å². The maximum Gasteiger partial charge on any atom is 0.124 e. The van der Waals surface area contributed by atoms with E-state index in [0.29, 0.717) is 17.8 Å². The largest absolute Gasteiger partial charge is 0.507 e. The lowest BCUT2D eigenvalue weighted by atomic mass is 9.55. The molecule has 4 nitrogen and oxygen atoms in total. The molecule has 6 atom stereocenters. The minimum atomic E-state index is -0.455. The van der Waals surface area contributed by atoms with Gasteiger partial charge in [-0.1, -0.05) is 43.3 Å². The Balaban J connectivity index is 1.29. The van der Waals surface area contributed by atoms with Gasteiger partial charge in [0.2, 0.25) is 0 Å². The summed E-state index contributed by atoms with van der Waals surface area (Å²) < 4.78 is 5.46. The van der Waals surface area contributed by atoms with Crippen LogP contribution in [0.3, 0.4) is 0 Å². The van der Waals surface area contributed by atoms with Gasteiger partial charge in [0.25, 0.3) is 0 Å². The van der Waals surface area contributed by atoms with Gasteiger partial charge >= 0.3 is 0 Å². The van der Waals surface area contributed by atoms with Crippen molar-refractivity contribution < 1.29 is 14.9 Å². The molecular weight excluding hydrogens is 422 g/mol. The van der Waals surface area contributed by atoms with Crippen molar-refractivity contribution in [3.05, 3.63) is 71.3 Å². The Kier molecular flexibility index (Phi) is 5.18. The van der Waals surface area contributed by atoms with Gasteiger partial charge in [0.05, 0.1) is 19.3 Å². The zero-order chi connectivity index (χ0) is 23.4. The summed E-state index contributed by atoms with van der Waals surface area (Å²) >= 11 is 0. The molecule has 0 aromatic heterocycles. The first kappa shape index (κ1) is 21.7. The second kappa shape index (κ2) is 8.13. The standard InChI is InChI=1S/C30H33NO3/c1-30-14-13-23-22-11-9-20(34-2)15-19(22)7-10-24(23)26(30)16-27(29(30)33)31-17-25-21-6-4-3-5-18(21)8-12-28(25)32/h3-6,8-9,11-12,15,17,23-24,26-27,29,32-33H,7,10,13-14,16H2,1-2H3/t23-,24-,26+,27-,29-,30+/m1/s1. The van der Waals surface area contributed by atoms with Gasteiger partial charge in [0.1, 0.15) is 11.5 Å². The van der Waals surface area contributed by atoms with Crippen LogP contribution in [0.25, 0.3) is 10.8 Å². The minimum absolute atomic E-state index is 0.103. The second-order valence-corrected chi connectivity index (χ2v) is 10.8. The number of hydrogen-bond donors (Lipinski definition) is 2. The molecule has 2 N–H and O–H groups in total. The van der Waals surface area contributed by atoms with E-state index >= 15 is 0 Å². The summed E-state index contributed by atoms with van der Waals surface area (Å²) in [5.41, 5.74) is 3.56. The highest BCUT2D eigenvalue weighted by Crippen LogP contribution is 2.61. The highest BCUT2D eigenvalue weighted by molar-refractivity contribution is 6.02. The van der Waals surface area contributed by atoms with E-state index in [-0.39, 0.29) is 17.2 Å². The summed E-state index contributed by atoms with van der Waals surface area (Å²) in [5, 5.41) is 24.1. The van der Waals surface area contributed by atoms with Crippen molar-refractivity contribution >= 4 is 17.0 Å². The van der Waals surface area contributed by atoms with Crippen LogP contribution in [-0.4, -0.2) is 35.7 Å². The van der Waals surface area contributed by atoms with E-state index in [9.17, 15) is 10.2 Å². The summed E-state index contributed by atoms with van der Waals surface area (Å²) in [6, 6.07) is 18.2. The molecule has 3 aromatic rings. The van der Waals surface area contributed by atoms with Crippen molar-refractivity contribution in [2.45, 2.75) is 57.1 Å². The molecule has 0 bridgehead atoms. The average Bonchev–Trinajstić information content (AvgIpc) is 3.13. The van der Waals surface area contributed by atoms with Crippen LogP contribution in [0.1, 0.15) is 55.2 Å². The summed E-state index contributed by atoms with van der Waals surface area (Å²) in [4.78, 5) is 4.91. The fourth-order valence-electron chi connectivity index (χ4n) is 7.41. The SMILES string of the molecule is COc1ccc2c(c1)CC[C@@H]1[C@@H]2CC[C@]2(C)[C@H](O)[C@H](N=Cc3c(O)ccc4ccccc34)C[C@@H]12. The maximum atomic E-state index is 11.5. The molecule has 0 heterocycles. The third-order valence-corrected chi connectivity index (χ3v) is 9.25. The highest BCUT2D eigenvalue weighted by atomic mass is 16.5. The first-order chi connectivity index (χ1) is 16.5. The fourth-order valence-corrected chi connectivity index (χ4v) is 7.41. The summed E-state index contributed by atoms with van der Waals surface area (Å²) in [5.74, 6) is 2.78. The zero-order valence-electron chi connectivity index (χ0n) is 19.9. The number of methoxy groups -OCH3 is 1. The molecule has 6 rings (SSSR count). The number of phenols is 1. The normalized spacial score (nSPS) is 32.4. The Labute approximate surface area is 201 Å². The number of rotatable bonds is 3. The number of aryl methyl sites for hydroxylation is 1. The molecule has 2 saturated carbocycles. The summed E-state index contributed by atoms with van der Waals surface area (Å²) in [6.45, 7) is 2.28. The van der Waals surface area contributed by atoms with Crippen LogP contribution in [0, 0.1) is 17.3 Å². The molecule has 0 saturated heterocycles. The number of ether oxygens (including phenoxy) is 1. The number of aliphatic imine (C=N–C) groups is 1. The molecule has 4 heteroatoms. The van der Waals surface area contributed by atoms with E-state index in [1.165, 1.54) is 17.5 Å². The van der Waals surface area contributed by atoms with Crippen molar-refractivity contribution in [3.8, 4) is 11.5 Å². The first-order valence-corrected chi connectivity index (χ1v) is 12.6. The first-order valence-electron chi connectivity index (χ1n) is 12.6. The Hall–Kier alpha value is -2.85. The number of aromatic hydroxyl groups is 1. The molecule has 3 aliphatic carbocycles. The number of hydrogen-bond acceptors (Lipinski definition) is 4. The molecule has 0 amide bonds. The van der Waals surface area contributed by atoms with E-state index in [1.54, 1.807) is 19.4 Å². The lowest BCUT2D eigenvalue weighted by Gasteiger charge is -2.50. The predicted molar refractivity (Wildman–Crippen MR) is 136 cm³/mol. The van der Waals surface area contributed by atoms with E-state index in [2.05, 4.69) is 25.1 Å². The van der Waals surface area contributed by atoms with Gasteiger partial charge in [-0.15, -0.1) is 0 Å². The van der Waals surface area contributed by atoms with Gasteiger partial charge in [-0.05, 0) is 95.4 Å². The zero-order valence-corrected chi connectivity index (χ0v) is 19.9. The summed E-state index contributed by atoms with van der Waals surface area (Å²) in [7, 11) is 1.73. The van der Waals surface area contributed by atoms with Gasteiger partial charge in [0.15, 0.2) is 0 Å². The number of phenolic OH excluding ortho intramolecular Hbond substituents is 1. The molecule has 176 valence electrons. The minimum Gasteiger partial charge on any atom is -0.507 e. The Morgan fingerprint density at radius 3 is 2.79 bits per heavy atom. The molecule has 3 aliphatic rings. The van der Waals surface area contributed by atoms with E-state index in [1.807, 2.05) is 30.3 Å². The molecule has 0 unspecified atom stereocenters. The Morgan fingerprint density at radius 1 is 1.09 bits per heavy atom. The second-order valence-electron chi connectivity index (χ2n) is 10.8. The van der Waals surface area contributed by atoms with E-state index < -0.39 is 6.10 Å². The Morgan fingerprint density at radius 2 is 1.94 bits per heavy atom. The molecular formula is C30H33NO3. The van der Waals surface area contributed by atoms with Crippen molar-refractivity contribution in [1.82, 2.24) is 0 Å². The van der Waals surface area contributed by atoms with Crippen LogP contribution in [0.2, 0.25) is 0 Å². The van der Waals surface area contributed by atoms with Gasteiger partial charge < -0.3 is 14.9 Å². The quantitative estimate of drug-likeness (QED) is 0.486. The molecule has 3 aromatic carbocycles. The fraction of sp³-hybridized carbons (Fsp3) is 0.433. The monoisotopic (exact) mass is 455 g/mol. The van der Waals surface area contributed by atoms with Crippen molar-refractivity contribution in [2.75, 3.05) is 7.11 Å². The number of aliphatic hydroxyl groups excluding tert-OH is 1. The van der Waals surface area contributed by atoms with Crippen molar-refractivity contribution in [2.24, 2.45) is 22.2 Å².